The lowest BCUT2D eigenvalue weighted by Crippen LogP contribution is -2.61. The van der Waals surface area contributed by atoms with Gasteiger partial charge in [-0.15, -0.1) is 0 Å². The molecular formula is C26H47N3O. The third kappa shape index (κ3) is 3.40. The molecule has 4 fully saturated rings. The first-order valence-corrected chi connectivity index (χ1v) is 13.0. The van der Waals surface area contributed by atoms with Crippen LogP contribution in [0.25, 0.3) is 0 Å². The molecule has 172 valence electrons. The van der Waals surface area contributed by atoms with Gasteiger partial charge < -0.3 is 16.2 Å². The highest BCUT2D eigenvalue weighted by molar-refractivity contribution is 5.74. The molecule has 0 aromatic rings. The van der Waals surface area contributed by atoms with Gasteiger partial charge in [-0.05, 0) is 97.2 Å². The summed E-state index contributed by atoms with van der Waals surface area (Å²) in [4.78, 5) is 0. The Kier molecular flexibility index (Phi) is 6.20. The lowest BCUT2D eigenvalue weighted by Gasteiger charge is -2.64. The van der Waals surface area contributed by atoms with Crippen LogP contribution in [0.2, 0.25) is 0 Å². The van der Waals surface area contributed by atoms with Crippen molar-refractivity contribution in [2.45, 2.75) is 98.0 Å². The van der Waals surface area contributed by atoms with E-state index in [4.69, 9.17) is 11.1 Å². The zero-order valence-corrected chi connectivity index (χ0v) is 19.9. The lowest BCUT2D eigenvalue weighted by molar-refractivity contribution is -0.194. The van der Waals surface area contributed by atoms with Crippen molar-refractivity contribution in [3.05, 3.63) is 0 Å². The number of hydrogen-bond donors (Lipinski definition) is 4. The zero-order chi connectivity index (χ0) is 21.7. The van der Waals surface area contributed by atoms with E-state index >= 15 is 0 Å². The van der Waals surface area contributed by atoms with Crippen LogP contribution in [0.1, 0.15) is 91.9 Å². The Morgan fingerprint density at radius 3 is 2.50 bits per heavy atom. The third-order valence-electron chi connectivity index (χ3n) is 11.0. The number of nitrogens with two attached hydrogens (primary N) is 1. The molecule has 4 saturated carbocycles. The second kappa shape index (κ2) is 8.30. The molecule has 0 saturated heterocycles. The fraction of sp³-hybridized carbons (Fsp3) is 0.962. The summed E-state index contributed by atoms with van der Waals surface area (Å²) in [7, 11) is 0. The quantitative estimate of drug-likeness (QED) is 0.369. The van der Waals surface area contributed by atoms with E-state index < -0.39 is 0 Å². The average Bonchev–Trinajstić information content (AvgIpc) is 3.05. The Balaban J connectivity index is 1.57. The van der Waals surface area contributed by atoms with Crippen LogP contribution in [0, 0.1) is 57.7 Å². The van der Waals surface area contributed by atoms with E-state index in [1.54, 1.807) is 0 Å². The summed E-state index contributed by atoms with van der Waals surface area (Å²) >= 11 is 0. The van der Waals surface area contributed by atoms with Crippen LogP contribution in [-0.2, 0) is 0 Å². The highest BCUT2D eigenvalue weighted by Gasteiger charge is 2.64. The van der Waals surface area contributed by atoms with Crippen LogP contribution < -0.4 is 11.1 Å². The van der Waals surface area contributed by atoms with E-state index in [0.29, 0.717) is 34.5 Å². The topological polar surface area (TPSA) is 82.1 Å². The number of fused-ring (bicyclic) bond motifs is 5. The third-order valence-corrected chi connectivity index (χ3v) is 11.0. The van der Waals surface area contributed by atoms with Crippen molar-refractivity contribution in [3.8, 4) is 0 Å². The number of rotatable bonds is 5. The van der Waals surface area contributed by atoms with Crippen molar-refractivity contribution in [1.82, 2.24) is 5.32 Å². The van der Waals surface area contributed by atoms with Crippen LogP contribution >= 0.6 is 0 Å². The molecule has 0 heterocycles. The standard InChI is InChI=1S/C26H47N3O/c1-5-17-19-8-6-7-13-25(19,3)21-11-14-26(4)18(16(2)12-15-29-24(27)28)9-10-20(26)22(21)23(17)30/h16-23,30H,5-15H2,1-4H3,(H4,27,28,29)/t16-,17-,18-,19+,20+,21+,22+,23-,25+,26-/m1/s1. The van der Waals surface area contributed by atoms with Crippen LogP contribution in [0.3, 0.4) is 0 Å². The fourth-order valence-corrected chi connectivity index (χ4v) is 9.65. The summed E-state index contributed by atoms with van der Waals surface area (Å²) in [6.07, 6.45) is 12.9. The second-order valence-electron chi connectivity index (χ2n) is 12.0. The Bertz CT molecular complexity index is 638. The SMILES string of the molecule is CC[C@H]1[C@@H](O)[C@@H]2[C@H](CC[C@]3(C)[C@@H]([C@H](C)CCNC(=N)N)CC[C@@H]23)[C@@]2(C)CCCC[C@@H]12. The highest BCUT2D eigenvalue weighted by Crippen LogP contribution is 2.69. The van der Waals surface area contributed by atoms with Gasteiger partial charge in [-0.3, -0.25) is 5.41 Å². The molecule has 0 amide bonds. The second-order valence-corrected chi connectivity index (χ2v) is 12.0. The van der Waals surface area contributed by atoms with Crippen molar-refractivity contribution < 1.29 is 5.11 Å². The molecule has 4 aliphatic carbocycles. The molecule has 4 nitrogen and oxygen atoms in total. The normalized spacial score (nSPS) is 48.9. The van der Waals surface area contributed by atoms with Gasteiger partial charge in [0.1, 0.15) is 0 Å². The number of guanidine groups is 1. The first-order valence-electron chi connectivity index (χ1n) is 13.0. The van der Waals surface area contributed by atoms with Gasteiger partial charge in [-0.25, -0.2) is 0 Å². The lowest BCUT2D eigenvalue weighted by atomic mass is 9.41. The van der Waals surface area contributed by atoms with Gasteiger partial charge >= 0.3 is 0 Å². The predicted octanol–water partition coefficient (Wildman–Crippen LogP) is 5.15. The Morgan fingerprint density at radius 1 is 1.07 bits per heavy atom. The molecule has 0 aromatic carbocycles. The first kappa shape index (κ1) is 22.4. The van der Waals surface area contributed by atoms with Gasteiger partial charge in [-0.2, -0.15) is 0 Å². The maximum absolute atomic E-state index is 11.8. The molecule has 0 bridgehead atoms. The van der Waals surface area contributed by atoms with Gasteiger partial charge in [0.15, 0.2) is 5.96 Å². The molecular weight excluding hydrogens is 370 g/mol. The Hall–Kier alpha value is -0.770. The molecule has 0 spiro atoms. The van der Waals surface area contributed by atoms with Crippen molar-refractivity contribution in [1.29, 1.82) is 5.41 Å². The van der Waals surface area contributed by atoms with Crippen LogP contribution in [0.4, 0.5) is 0 Å². The first-order chi connectivity index (χ1) is 14.2. The Labute approximate surface area is 184 Å². The van der Waals surface area contributed by atoms with Crippen LogP contribution in [0.5, 0.6) is 0 Å². The highest BCUT2D eigenvalue weighted by atomic mass is 16.3. The molecule has 10 atom stereocenters. The monoisotopic (exact) mass is 417 g/mol. The van der Waals surface area contributed by atoms with E-state index in [1.807, 2.05) is 0 Å². The fourth-order valence-electron chi connectivity index (χ4n) is 9.65. The summed E-state index contributed by atoms with van der Waals surface area (Å²) in [6.45, 7) is 10.7. The minimum Gasteiger partial charge on any atom is -0.393 e. The molecule has 4 aliphatic rings. The summed E-state index contributed by atoms with van der Waals surface area (Å²) in [5.41, 5.74) is 6.32. The summed E-state index contributed by atoms with van der Waals surface area (Å²) in [6, 6.07) is 0. The van der Waals surface area contributed by atoms with E-state index in [-0.39, 0.29) is 12.1 Å². The molecule has 4 heteroatoms. The molecule has 0 aromatic heterocycles. The number of nitrogens with one attached hydrogen (secondary N) is 2. The van der Waals surface area contributed by atoms with Gasteiger partial charge in [0.2, 0.25) is 0 Å². The van der Waals surface area contributed by atoms with Crippen molar-refractivity contribution in [2.75, 3.05) is 6.54 Å². The van der Waals surface area contributed by atoms with E-state index in [9.17, 15) is 5.11 Å². The van der Waals surface area contributed by atoms with Crippen LogP contribution in [0.15, 0.2) is 0 Å². The van der Waals surface area contributed by atoms with Gasteiger partial charge in [0.25, 0.3) is 0 Å². The van der Waals surface area contributed by atoms with Gasteiger partial charge in [-0.1, -0.05) is 47.0 Å². The maximum Gasteiger partial charge on any atom is 0.185 e. The predicted molar refractivity (Wildman–Crippen MR) is 124 cm³/mol. The maximum atomic E-state index is 11.8. The van der Waals surface area contributed by atoms with Gasteiger partial charge in [0, 0.05) is 6.54 Å². The van der Waals surface area contributed by atoms with Gasteiger partial charge in [0.05, 0.1) is 6.10 Å². The van der Waals surface area contributed by atoms with E-state index in [2.05, 4.69) is 33.0 Å². The van der Waals surface area contributed by atoms with Crippen molar-refractivity contribution >= 4 is 5.96 Å². The molecule has 0 unspecified atom stereocenters. The molecule has 0 aliphatic heterocycles. The van der Waals surface area contributed by atoms with Crippen molar-refractivity contribution in [3.63, 3.8) is 0 Å². The summed E-state index contributed by atoms with van der Waals surface area (Å²) in [5.74, 6) is 4.65. The van der Waals surface area contributed by atoms with E-state index in [0.717, 1.165) is 37.1 Å². The smallest absolute Gasteiger partial charge is 0.185 e. The number of hydrogen-bond acceptors (Lipinski definition) is 2. The number of aliphatic hydroxyl groups is 1. The molecule has 5 N–H and O–H groups in total. The molecule has 30 heavy (non-hydrogen) atoms. The minimum absolute atomic E-state index is 0.0874. The molecule has 0 radical (unpaired) electrons. The Morgan fingerprint density at radius 2 is 1.80 bits per heavy atom. The average molecular weight is 418 g/mol. The zero-order valence-electron chi connectivity index (χ0n) is 19.9. The number of aliphatic hydroxyl groups excluding tert-OH is 1. The summed E-state index contributed by atoms with van der Waals surface area (Å²) < 4.78 is 0. The molecule has 4 rings (SSSR count). The minimum atomic E-state index is -0.0887. The van der Waals surface area contributed by atoms with Crippen molar-refractivity contribution in [2.24, 2.45) is 58.0 Å². The van der Waals surface area contributed by atoms with E-state index in [1.165, 1.54) is 51.4 Å². The summed E-state index contributed by atoms with van der Waals surface area (Å²) in [5, 5.41) is 22.2. The largest absolute Gasteiger partial charge is 0.393 e. The van der Waals surface area contributed by atoms with Crippen LogP contribution in [-0.4, -0.2) is 23.7 Å².